The Morgan fingerprint density at radius 2 is 1.96 bits per heavy atom. The Labute approximate surface area is 146 Å². The molecule has 1 aromatic carbocycles. The largest absolute Gasteiger partial charge is 0.452 e. The van der Waals surface area contributed by atoms with E-state index in [4.69, 9.17) is 4.74 Å². The number of likely N-dealkylation sites (tertiary alicyclic amines) is 1. The summed E-state index contributed by atoms with van der Waals surface area (Å²) < 4.78 is 5.10. The number of amides is 1. The standard InChI is InChI=1S/C18H22N2O5/c21-17(19-10-4-7-13-5-1-2-9-16(13)19)12-25-18(22)14-6-3-8-15(11-14)20(23)24/h3,6,8,11,13,16H,1-2,4-5,7,9-10,12H2/t13-,16+/m0/s1. The van der Waals surface area contributed by atoms with Crippen LogP contribution in [-0.2, 0) is 9.53 Å². The third kappa shape index (κ3) is 3.97. The van der Waals surface area contributed by atoms with Gasteiger partial charge in [0.05, 0.1) is 10.5 Å². The van der Waals surface area contributed by atoms with E-state index in [0.717, 1.165) is 25.3 Å². The first-order valence-corrected chi connectivity index (χ1v) is 8.77. The number of rotatable bonds is 4. The van der Waals surface area contributed by atoms with Crippen molar-refractivity contribution >= 4 is 17.6 Å². The highest BCUT2D eigenvalue weighted by Gasteiger charge is 2.35. The number of carbonyl (C=O) groups is 2. The van der Waals surface area contributed by atoms with E-state index in [0.29, 0.717) is 12.5 Å². The molecule has 1 heterocycles. The summed E-state index contributed by atoms with van der Waals surface area (Å²) in [5.41, 5.74) is -0.0990. The van der Waals surface area contributed by atoms with E-state index in [2.05, 4.69) is 0 Å². The second kappa shape index (κ2) is 7.63. The molecule has 1 saturated heterocycles. The van der Waals surface area contributed by atoms with Crippen LogP contribution in [0.4, 0.5) is 5.69 Å². The van der Waals surface area contributed by atoms with Gasteiger partial charge in [-0.3, -0.25) is 14.9 Å². The number of piperidine rings is 1. The fourth-order valence-corrected chi connectivity index (χ4v) is 3.97. The number of benzene rings is 1. The highest BCUT2D eigenvalue weighted by atomic mass is 16.6. The molecule has 0 aromatic heterocycles. The third-order valence-electron chi connectivity index (χ3n) is 5.18. The van der Waals surface area contributed by atoms with Crippen LogP contribution < -0.4 is 0 Å². The van der Waals surface area contributed by atoms with Gasteiger partial charge in [0, 0.05) is 24.7 Å². The van der Waals surface area contributed by atoms with Crippen molar-refractivity contribution in [1.29, 1.82) is 0 Å². The molecule has 0 radical (unpaired) electrons. The molecule has 2 fully saturated rings. The summed E-state index contributed by atoms with van der Waals surface area (Å²) in [6.07, 6.45) is 6.72. The molecule has 0 bridgehead atoms. The van der Waals surface area contributed by atoms with Gasteiger partial charge in [-0.05, 0) is 37.7 Å². The molecule has 2 aliphatic rings. The molecule has 25 heavy (non-hydrogen) atoms. The Hall–Kier alpha value is -2.44. The number of hydrogen-bond acceptors (Lipinski definition) is 5. The number of carbonyl (C=O) groups excluding carboxylic acids is 2. The van der Waals surface area contributed by atoms with Crippen LogP contribution in [0.2, 0.25) is 0 Å². The van der Waals surface area contributed by atoms with Crippen LogP contribution in [0.15, 0.2) is 24.3 Å². The van der Waals surface area contributed by atoms with Gasteiger partial charge in [-0.15, -0.1) is 0 Å². The lowest BCUT2D eigenvalue weighted by atomic mass is 9.78. The summed E-state index contributed by atoms with van der Waals surface area (Å²) in [5.74, 6) is -0.316. The minimum atomic E-state index is -0.714. The predicted molar refractivity (Wildman–Crippen MR) is 90.1 cm³/mol. The van der Waals surface area contributed by atoms with Crippen molar-refractivity contribution in [3.8, 4) is 0 Å². The lowest BCUT2D eigenvalue weighted by molar-refractivity contribution is -0.384. The maximum absolute atomic E-state index is 12.5. The minimum Gasteiger partial charge on any atom is -0.452 e. The van der Waals surface area contributed by atoms with Crippen LogP contribution in [0.5, 0.6) is 0 Å². The average Bonchev–Trinajstić information content (AvgIpc) is 2.65. The first-order valence-electron chi connectivity index (χ1n) is 8.77. The second-order valence-electron chi connectivity index (χ2n) is 6.72. The summed E-state index contributed by atoms with van der Waals surface area (Å²) in [6.45, 7) is 0.402. The van der Waals surface area contributed by atoms with Gasteiger partial charge in [0.2, 0.25) is 0 Å². The molecular weight excluding hydrogens is 324 g/mol. The first-order chi connectivity index (χ1) is 12.1. The molecule has 1 aliphatic carbocycles. The Morgan fingerprint density at radius 1 is 1.20 bits per heavy atom. The molecule has 2 atom stereocenters. The zero-order chi connectivity index (χ0) is 17.8. The van der Waals surface area contributed by atoms with E-state index in [1.807, 2.05) is 4.90 Å². The lowest BCUT2D eigenvalue weighted by Crippen LogP contribution is -2.50. The number of non-ortho nitro benzene ring substituents is 1. The zero-order valence-electron chi connectivity index (χ0n) is 14.1. The SMILES string of the molecule is O=C(OCC(=O)N1CCC[C@@H]2CCCC[C@H]21)c1cccc([N+](=O)[O-])c1. The summed E-state index contributed by atoms with van der Waals surface area (Å²) in [7, 11) is 0. The van der Waals surface area contributed by atoms with Gasteiger partial charge in [0.1, 0.15) is 0 Å². The quantitative estimate of drug-likeness (QED) is 0.475. The normalized spacial score (nSPS) is 22.8. The van der Waals surface area contributed by atoms with Crippen molar-refractivity contribution in [1.82, 2.24) is 4.90 Å². The smallest absolute Gasteiger partial charge is 0.338 e. The Kier molecular flexibility index (Phi) is 5.31. The molecule has 0 unspecified atom stereocenters. The van der Waals surface area contributed by atoms with Crippen LogP contribution in [0.1, 0.15) is 48.9 Å². The number of fused-ring (bicyclic) bond motifs is 1. The van der Waals surface area contributed by atoms with E-state index in [-0.39, 0.29) is 29.8 Å². The van der Waals surface area contributed by atoms with E-state index in [1.165, 1.54) is 37.5 Å². The molecule has 1 aromatic rings. The number of nitro groups is 1. The van der Waals surface area contributed by atoms with Crippen molar-refractivity contribution in [2.75, 3.05) is 13.2 Å². The zero-order valence-corrected chi connectivity index (χ0v) is 14.1. The lowest BCUT2D eigenvalue weighted by Gasteiger charge is -2.44. The molecule has 3 rings (SSSR count). The van der Waals surface area contributed by atoms with Gasteiger partial charge in [0.25, 0.3) is 11.6 Å². The maximum Gasteiger partial charge on any atom is 0.338 e. The van der Waals surface area contributed by atoms with Crippen molar-refractivity contribution in [3.63, 3.8) is 0 Å². The maximum atomic E-state index is 12.5. The van der Waals surface area contributed by atoms with Crippen LogP contribution >= 0.6 is 0 Å². The molecule has 134 valence electrons. The first kappa shape index (κ1) is 17.4. The predicted octanol–water partition coefficient (Wildman–Crippen LogP) is 2.93. The highest BCUT2D eigenvalue weighted by molar-refractivity contribution is 5.92. The number of nitro benzene ring substituents is 1. The molecule has 1 aliphatic heterocycles. The van der Waals surface area contributed by atoms with Crippen molar-refractivity contribution in [2.24, 2.45) is 5.92 Å². The van der Waals surface area contributed by atoms with Gasteiger partial charge < -0.3 is 9.64 Å². The average molecular weight is 346 g/mol. The Morgan fingerprint density at radius 3 is 2.76 bits per heavy atom. The van der Waals surface area contributed by atoms with E-state index in [9.17, 15) is 19.7 Å². The van der Waals surface area contributed by atoms with Gasteiger partial charge in [0.15, 0.2) is 6.61 Å². The van der Waals surface area contributed by atoms with E-state index >= 15 is 0 Å². The van der Waals surface area contributed by atoms with Gasteiger partial charge >= 0.3 is 5.97 Å². The molecule has 0 N–H and O–H groups in total. The molecule has 1 amide bonds. The van der Waals surface area contributed by atoms with Gasteiger partial charge in [-0.25, -0.2) is 4.79 Å². The Bertz CT molecular complexity index is 673. The summed E-state index contributed by atoms with van der Waals surface area (Å²) in [6, 6.07) is 5.60. The van der Waals surface area contributed by atoms with Crippen LogP contribution in [-0.4, -0.2) is 40.9 Å². The van der Waals surface area contributed by atoms with Gasteiger partial charge in [-0.1, -0.05) is 18.9 Å². The molecule has 7 nitrogen and oxygen atoms in total. The second-order valence-corrected chi connectivity index (χ2v) is 6.72. The Balaban J connectivity index is 1.59. The monoisotopic (exact) mass is 346 g/mol. The number of ether oxygens (including phenoxy) is 1. The summed E-state index contributed by atoms with van der Waals surface area (Å²) in [4.78, 5) is 36.7. The van der Waals surface area contributed by atoms with Gasteiger partial charge in [-0.2, -0.15) is 0 Å². The fourth-order valence-electron chi connectivity index (χ4n) is 3.97. The van der Waals surface area contributed by atoms with Crippen molar-refractivity contribution < 1.29 is 19.2 Å². The van der Waals surface area contributed by atoms with Crippen LogP contribution in [0.3, 0.4) is 0 Å². The number of hydrogen-bond donors (Lipinski definition) is 0. The minimum absolute atomic E-state index is 0.0798. The summed E-state index contributed by atoms with van der Waals surface area (Å²) >= 11 is 0. The fraction of sp³-hybridized carbons (Fsp3) is 0.556. The number of esters is 1. The molecule has 0 spiro atoms. The molecule has 7 heteroatoms. The van der Waals surface area contributed by atoms with Crippen molar-refractivity contribution in [2.45, 2.75) is 44.6 Å². The van der Waals surface area contributed by atoms with Crippen LogP contribution in [0, 0.1) is 16.0 Å². The molecule has 1 saturated carbocycles. The third-order valence-corrected chi connectivity index (χ3v) is 5.18. The van der Waals surface area contributed by atoms with E-state index < -0.39 is 10.9 Å². The topological polar surface area (TPSA) is 89.8 Å². The van der Waals surface area contributed by atoms with Crippen LogP contribution in [0.25, 0.3) is 0 Å². The number of nitrogens with zero attached hydrogens (tertiary/aromatic N) is 2. The van der Waals surface area contributed by atoms with Crippen molar-refractivity contribution in [3.05, 3.63) is 39.9 Å². The highest BCUT2D eigenvalue weighted by Crippen LogP contribution is 2.35. The van der Waals surface area contributed by atoms with E-state index in [1.54, 1.807) is 0 Å². The molecular formula is C18H22N2O5. The summed E-state index contributed by atoms with van der Waals surface area (Å²) in [5, 5.41) is 10.8.